The van der Waals surface area contributed by atoms with Gasteiger partial charge in [0.05, 0.1) is 10.6 Å². The van der Waals surface area contributed by atoms with Gasteiger partial charge in [0.25, 0.3) is 0 Å². The molecule has 0 saturated carbocycles. The van der Waals surface area contributed by atoms with Crippen LogP contribution in [0.1, 0.15) is 13.3 Å². The van der Waals surface area contributed by atoms with Gasteiger partial charge >= 0.3 is 0 Å². The van der Waals surface area contributed by atoms with Crippen molar-refractivity contribution >= 4 is 11.8 Å². The lowest BCUT2D eigenvalue weighted by molar-refractivity contribution is 0.462. The quantitative estimate of drug-likeness (QED) is 0.574. The minimum absolute atomic E-state index is 0.339. The van der Waals surface area contributed by atoms with E-state index in [0.717, 1.165) is 17.1 Å². The van der Waals surface area contributed by atoms with Gasteiger partial charge in [-0.2, -0.15) is 0 Å². The highest BCUT2D eigenvalue weighted by molar-refractivity contribution is 7.99. The maximum Gasteiger partial charge on any atom is 0.129 e. The van der Waals surface area contributed by atoms with Crippen molar-refractivity contribution in [3.63, 3.8) is 0 Å². The van der Waals surface area contributed by atoms with Crippen molar-refractivity contribution in [3.05, 3.63) is 24.3 Å². The zero-order valence-electron chi connectivity index (χ0n) is 7.58. The molecule has 0 amide bonds. The third kappa shape index (κ3) is 3.43. The van der Waals surface area contributed by atoms with Crippen molar-refractivity contribution in [1.29, 1.82) is 0 Å². The summed E-state index contributed by atoms with van der Waals surface area (Å²) in [5.41, 5.74) is 0. The molecule has 68 valence electrons. The van der Waals surface area contributed by atoms with E-state index < -0.39 is 0 Å². The molecule has 0 unspecified atom stereocenters. The Hall–Kier alpha value is -1.07. The first kappa shape index (κ1) is 10.0. The second-order valence-corrected chi connectivity index (χ2v) is 3.48. The molecule has 2 heteroatoms. The molecule has 0 aliphatic carbocycles. The fourth-order valence-corrected chi connectivity index (χ4v) is 1.59. The van der Waals surface area contributed by atoms with Gasteiger partial charge in [0.15, 0.2) is 0 Å². The van der Waals surface area contributed by atoms with Gasteiger partial charge in [0, 0.05) is 6.42 Å². The molecule has 1 nitrogen and oxygen atoms in total. The topological polar surface area (TPSA) is 20.2 Å². The molecule has 1 aromatic carbocycles. The molecule has 0 aromatic heterocycles. The van der Waals surface area contributed by atoms with E-state index in [1.54, 1.807) is 17.8 Å². The van der Waals surface area contributed by atoms with Crippen LogP contribution in [0.5, 0.6) is 5.75 Å². The fourth-order valence-electron chi connectivity index (χ4n) is 0.869. The number of hydrogen-bond acceptors (Lipinski definition) is 2. The Labute approximate surface area is 83.2 Å². The van der Waals surface area contributed by atoms with E-state index in [9.17, 15) is 5.11 Å². The summed E-state index contributed by atoms with van der Waals surface area (Å²) in [4.78, 5) is 0.896. The van der Waals surface area contributed by atoms with Crippen LogP contribution < -0.4 is 0 Å². The van der Waals surface area contributed by atoms with Crippen LogP contribution in [-0.4, -0.2) is 10.9 Å². The fraction of sp³-hybridized carbons (Fsp3) is 0.273. The van der Waals surface area contributed by atoms with Crippen molar-refractivity contribution in [1.82, 2.24) is 0 Å². The molecule has 0 aliphatic rings. The monoisotopic (exact) mass is 192 g/mol. The summed E-state index contributed by atoms with van der Waals surface area (Å²) < 4.78 is 0. The minimum atomic E-state index is 0.339. The van der Waals surface area contributed by atoms with Gasteiger partial charge in [-0.25, -0.2) is 0 Å². The second-order valence-electron chi connectivity index (χ2n) is 2.46. The molecule has 0 fully saturated rings. The number of phenols is 1. The Balaban J connectivity index is 2.50. The molecule has 0 aliphatic heterocycles. The van der Waals surface area contributed by atoms with Gasteiger partial charge in [-0.15, -0.1) is 17.7 Å². The van der Waals surface area contributed by atoms with Crippen LogP contribution in [0.15, 0.2) is 29.2 Å². The first-order chi connectivity index (χ1) is 6.34. The Morgan fingerprint density at radius 1 is 1.31 bits per heavy atom. The first-order valence-corrected chi connectivity index (χ1v) is 5.19. The van der Waals surface area contributed by atoms with Crippen LogP contribution >= 0.6 is 11.8 Å². The molecule has 0 bridgehead atoms. The van der Waals surface area contributed by atoms with Gasteiger partial charge in [-0.3, -0.25) is 0 Å². The highest BCUT2D eigenvalue weighted by atomic mass is 32.2. The average molecular weight is 192 g/mol. The lowest BCUT2D eigenvalue weighted by Crippen LogP contribution is -1.75. The highest BCUT2D eigenvalue weighted by Crippen LogP contribution is 2.26. The normalized spacial score (nSPS) is 9.00. The predicted molar refractivity (Wildman–Crippen MR) is 56.9 cm³/mol. The van der Waals surface area contributed by atoms with Crippen molar-refractivity contribution < 1.29 is 5.11 Å². The van der Waals surface area contributed by atoms with Crippen LogP contribution in [0.2, 0.25) is 0 Å². The van der Waals surface area contributed by atoms with Crippen molar-refractivity contribution in [2.24, 2.45) is 0 Å². The smallest absolute Gasteiger partial charge is 0.129 e. The van der Waals surface area contributed by atoms with Gasteiger partial charge < -0.3 is 5.11 Å². The van der Waals surface area contributed by atoms with Crippen molar-refractivity contribution in [3.8, 4) is 17.6 Å². The number of benzene rings is 1. The lowest BCUT2D eigenvalue weighted by atomic mass is 10.3. The van der Waals surface area contributed by atoms with Crippen LogP contribution in [0.3, 0.4) is 0 Å². The summed E-state index contributed by atoms with van der Waals surface area (Å²) in [5.74, 6) is 7.08. The van der Waals surface area contributed by atoms with E-state index >= 15 is 0 Å². The van der Waals surface area contributed by atoms with E-state index in [1.807, 2.05) is 25.1 Å². The van der Waals surface area contributed by atoms with Crippen LogP contribution in [0.25, 0.3) is 0 Å². The maximum absolute atomic E-state index is 9.40. The predicted octanol–water partition coefficient (Wildman–Crippen LogP) is 2.90. The van der Waals surface area contributed by atoms with Gasteiger partial charge in [-0.1, -0.05) is 25.0 Å². The first-order valence-electron chi connectivity index (χ1n) is 4.21. The molecule has 0 heterocycles. The number of aromatic hydroxyl groups is 1. The zero-order chi connectivity index (χ0) is 9.52. The van der Waals surface area contributed by atoms with Gasteiger partial charge in [-0.05, 0) is 12.1 Å². The molecular formula is C11H12OS. The number of para-hydroxylation sites is 1. The Morgan fingerprint density at radius 3 is 2.77 bits per heavy atom. The standard InChI is InChI=1S/C11H12OS/c1-2-3-6-9-13-11-8-5-4-7-10(11)12/h4-5,7-8,12H,2,9H2,1H3. The van der Waals surface area contributed by atoms with E-state index in [2.05, 4.69) is 11.8 Å². The van der Waals surface area contributed by atoms with Crippen LogP contribution in [-0.2, 0) is 0 Å². The lowest BCUT2D eigenvalue weighted by Gasteiger charge is -1.99. The SMILES string of the molecule is CCC#CCSc1ccccc1O. The Bertz CT molecular complexity index is 322. The van der Waals surface area contributed by atoms with Crippen LogP contribution in [0.4, 0.5) is 0 Å². The summed E-state index contributed by atoms with van der Waals surface area (Å²) in [6.07, 6.45) is 0.890. The Kier molecular flexibility index (Phi) is 4.28. The third-order valence-corrected chi connectivity index (χ3v) is 2.41. The highest BCUT2D eigenvalue weighted by Gasteiger charge is 1.97. The summed E-state index contributed by atoms with van der Waals surface area (Å²) >= 11 is 1.56. The molecular weight excluding hydrogens is 180 g/mol. The molecule has 0 atom stereocenters. The van der Waals surface area contributed by atoms with E-state index in [4.69, 9.17) is 0 Å². The molecule has 1 rings (SSSR count). The molecule has 1 N–H and O–H groups in total. The number of thioether (sulfide) groups is 1. The van der Waals surface area contributed by atoms with Gasteiger partial charge in [0.1, 0.15) is 5.75 Å². The Morgan fingerprint density at radius 2 is 2.08 bits per heavy atom. The molecule has 0 spiro atoms. The zero-order valence-corrected chi connectivity index (χ0v) is 8.40. The number of hydrogen-bond donors (Lipinski definition) is 1. The van der Waals surface area contributed by atoms with Gasteiger partial charge in [0.2, 0.25) is 0 Å². The third-order valence-electron chi connectivity index (χ3n) is 1.47. The summed E-state index contributed by atoms with van der Waals surface area (Å²) in [6.45, 7) is 2.03. The van der Waals surface area contributed by atoms with E-state index in [0.29, 0.717) is 5.75 Å². The summed E-state index contributed by atoms with van der Waals surface area (Å²) in [7, 11) is 0. The molecule has 0 radical (unpaired) electrons. The van der Waals surface area contributed by atoms with E-state index in [-0.39, 0.29) is 0 Å². The number of phenolic OH excluding ortho intramolecular Hbond substituents is 1. The van der Waals surface area contributed by atoms with Crippen LogP contribution in [0, 0.1) is 11.8 Å². The van der Waals surface area contributed by atoms with Crippen molar-refractivity contribution in [2.75, 3.05) is 5.75 Å². The number of rotatable bonds is 2. The van der Waals surface area contributed by atoms with E-state index in [1.165, 1.54) is 0 Å². The average Bonchev–Trinajstić information content (AvgIpc) is 2.15. The molecule has 13 heavy (non-hydrogen) atoms. The largest absolute Gasteiger partial charge is 0.507 e. The molecule has 1 aromatic rings. The summed E-state index contributed by atoms with van der Waals surface area (Å²) in [5, 5.41) is 9.40. The second kappa shape index (κ2) is 5.55. The maximum atomic E-state index is 9.40. The molecule has 0 saturated heterocycles. The van der Waals surface area contributed by atoms with Crippen molar-refractivity contribution in [2.45, 2.75) is 18.2 Å². The summed E-state index contributed by atoms with van der Waals surface area (Å²) in [6, 6.07) is 7.32. The minimum Gasteiger partial charge on any atom is -0.507 e.